The maximum atomic E-state index is 13.3. The SMILES string of the molecule is O=C(NCCN1CCOCC1)C1CCN(C(=O)c2ccc(F)c(F)c2)CC1. The maximum Gasteiger partial charge on any atom is 0.253 e. The van der Waals surface area contributed by atoms with E-state index in [0.29, 0.717) is 32.5 Å². The van der Waals surface area contributed by atoms with Gasteiger partial charge in [-0.1, -0.05) is 0 Å². The van der Waals surface area contributed by atoms with Crippen LogP contribution in [0.3, 0.4) is 0 Å². The highest BCUT2D eigenvalue weighted by molar-refractivity contribution is 5.94. The molecule has 0 atom stereocenters. The third-order valence-corrected chi connectivity index (χ3v) is 5.15. The molecule has 0 unspecified atom stereocenters. The molecule has 0 spiro atoms. The highest BCUT2D eigenvalue weighted by atomic mass is 19.2. The van der Waals surface area contributed by atoms with Crippen LogP contribution in [0.4, 0.5) is 8.78 Å². The number of likely N-dealkylation sites (tertiary alicyclic amines) is 1. The standard InChI is InChI=1S/C19H25F2N3O3/c20-16-2-1-15(13-17(16)21)19(26)24-6-3-14(4-7-24)18(25)22-5-8-23-9-11-27-12-10-23/h1-2,13-14H,3-12H2,(H,22,25). The molecule has 2 aliphatic rings. The molecule has 2 saturated heterocycles. The number of nitrogens with one attached hydrogen (secondary N) is 1. The van der Waals surface area contributed by atoms with E-state index >= 15 is 0 Å². The fourth-order valence-corrected chi connectivity index (χ4v) is 3.46. The fourth-order valence-electron chi connectivity index (χ4n) is 3.46. The van der Waals surface area contributed by atoms with Gasteiger partial charge in [-0.3, -0.25) is 14.5 Å². The van der Waals surface area contributed by atoms with Crippen molar-refractivity contribution in [2.45, 2.75) is 12.8 Å². The summed E-state index contributed by atoms with van der Waals surface area (Å²) < 4.78 is 31.6. The molecule has 148 valence electrons. The van der Waals surface area contributed by atoms with Gasteiger partial charge in [0.15, 0.2) is 11.6 Å². The summed E-state index contributed by atoms with van der Waals surface area (Å²) >= 11 is 0. The molecule has 2 heterocycles. The van der Waals surface area contributed by atoms with Crippen LogP contribution in [-0.2, 0) is 9.53 Å². The van der Waals surface area contributed by atoms with Crippen molar-refractivity contribution < 1.29 is 23.1 Å². The first kappa shape index (κ1) is 19.7. The van der Waals surface area contributed by atoms with E-state index in [2.05, 4.69) is 10.2 Å². The Bertz CT molecular complexity index is 672. The molecule has 0 radical (unpaired) electrons. The number of morpholine rings is 1. The van der Waals surface area contributed by atoms with E-state index in [1.165, 1.54) is 6.07 Å². The molecular weight excluding hydrogens is 356 g/mol. The lowest BCUT2D eigenvalue weighted by atomic mass is 9.95. The third-order valence-electron chi connectivity index (χ3n) is 5.15. The second-order valence-electron chi connectivity index (χ2n) is 6.94. The first-order chi connectivity index (χ1) is 13.0. The van der Waals surface area contributed by atoms with E-state index in [0.717, 1.165) is 45.0 Å². The summed E-state index contributed by atoms with van der Waals surface area (Å²) in [7, 11) is 0. The van der Waals surface area contributed by atoms with Gasteiger partial charge >= 0.3 is 0 Å². The number of amides is 2. The Morgan fingerprint density at radius 3 is 2.44 bits per heavy atom. The Morgan fingerprint density at radius 2 is 1.78 bits per heavy atom. The van der Waals surface area contributed by atoms with Crippen LogP contribution in [0.15, 0.2) is 18.2 Å². The molecule has 27 heavy (non-hydrogen) atoms. The van der Waals surface area contributed by atoms with E-state index in [-0.39, 0.29) is 23.3 Å². The highest BCUT2D eigenvalue weighted by Gasteiger charge is 2.28. The number of carbonyl (C=O) groups excluding carboxylic acids is 2. The fraction of sp³-hybridized carbons (Fsp3) is 0.579. The average molecular weight is 381 g/mol. The topological polar surface area (TPSA) is 61.9 Å². The molecule has 1 N–H and O–H groups in total. The predicted molar refractivity (Wildman–Crippen MR) is 95.3 cm³/mol. The lowest BCUT2D eigenvalue weighted by Crippen LogP contribution is -2.45. The Labute approximate surface area is 157 Å². The van der Waals surface area contributed by atoms with Gasteiger partial charge < -0.3 is 15.0 Å². The predicted octanol–water partition coefficient (Wildman–Crippen LogP) is 1.27. The second-order valence-corrected chi connectivity index (χ2v) is 6.94. The summed E-state index contributed by atoms with van der Waals surface area (Å²) in [4.78, 5) is 28.6. The molecule has 2 aliphatic heterocycles. The molecule has 2 amide bonds. The molecule has 6 nitrogen and oxygen atoms in total. The van der Waals surface area contributed by atoms with Crippen molar-refractivity contribution in [2.24, 2.45) is 5.92 Å². The minimum atomic E-state index is -1.03. The number of hydrogen-bond acceptors (Lipinski definition) is 4. The zero-order chi connectivity index (χ0) is 19.2. The lowest BCUT2D eigenvalue weighted by molar-refractivity contribution is -0.126. The van der Waals surface area contributed by atoms with Gasteiger partial charge in [0.2, 0.25) is 5.91 Å². The molecule has 1 aromatic carbocycles. The highest BCUT2D eigenvalue weighted by Crippen LogP contribution is 2.20. The van der Waals surface area contributed by atoms with E-state index in [1.54, 1.807) is 4.90 Å². The summed E-state index contributed by atoms with van der Waals surface area (Å²) in [5.41, 5.74) is 0.127. The van der Waals surface area contributed by atoms with Gasteiger partial charge in [0.1, 0.15) is 0 Å². The van der Waals surface area contributed by atoms with Crippen molar-refractivity contribution in [1.82, 2.24) is 15.1 Å². The van der Waals surface area contributed by atoms with E-state index in [9.17, 15) is 18.4 Å². The smallest absolute Gasteiger partial charge is 0.253 e. The summed E-state index contributed by atoms with van der Waals surface area (Å²) in [6.45, 7) is 5.52. The van der Waals surface area contributed by atoms with Crippen LogP contribution >= 0.6 is 0 Å². The quantitative estimate of drug-likeness (QED) is 0.834. The molecule has 3 rings (SSSR count). The number of hydrogen-bond donors (Lipinski definition) is 1. The maximum absolute atomic E-state index is 13.3. The number of halogens is 2. The minimum Gasteiger partial charge on any atom is -0.379 e. The minimum absolute atomic E-state index is 0.0168. The Kier molecular flexibility index (Phi) is 6.73. The van der Waals surface area contributed by atoms with Crippen LogP contribution in [0.25, 0.3) is 0 Å². The Morgan fingerprint density at radius 1 is 1.07 bits per heavy atom. The molecule has 0 aliphatic carbocycles. The van der Waals surface area contributed by atoms with Gasteiger partial charge in [0, 0.05) is 50.7 Å². The monoisotopic (exact) mass is 381 g/mol. The van der Waals surface area contributed by atoms with E-state index < -0.39 is 11.6 Å². The van der Waals surface area contributed by atoms with Crippen LogP contribution in [0.1, 0.15) is 23.2 Å². The zero-order valence-electron chi connectivity index (χ0n) is 15.3. The molecular formula is C19H25F2N3O3. The van der Waals surface area contributed by atoms with E-state index in [4.69, 9.17) is 4.74 Å². The second kappa shape index (κ2) is 9.23. The molecule has 0 aromatic heterocycles. The first-order valence-corrected chi connectivity index (χ1v) is 9.37. The summed E-state index contributed by atoms with van der Waals surface area (Å²) in [6.07, 6.45) is 1.14. The van der Waals surface area contributed by atoms with Gasteiger partial charge in [0.05, 0.1) is 13.2 Å². The number of rotatable bonds is 5. The van der Waals surface area contributed by atoms with Crippen LogP contribution in [0.2, 0.25) is 0 Å². The normalized spacial score (nSPS) is 19.1. The summed E-state index contributed by atoms with van der Waals surface area (Å²) in [6, 6.07) is 3.16. The largest absolute Gasteiger partial charge is 0.379 e. The Hall–Kier alpha value is -2.06. The first-order valence-electron chi connectivity index (χ1n) is 9.37. The number of ether oxygens (including phenoxy) is 1. The van der Waals surface area contributed by atoms with Gasteiger partial charge in [-0.15, -0.1) is 0 Å². The van der Waals surface area contributed by atoms with Gasteiger partial charge in [-0.2, -0.15) is 0 Å². The number of carbonyl (C=O) groups is 2. The lowest BCUT2D eigenvalue weighted by Gasteiger charge is -2.32. The van der Waals surface area contributed by atoms with Gasteiger partial charge in [-0.05, 0) is 31.0 Å². The van der Waals surface area contributed by atoms with Crippen LogP contribution < -0.4 is 5.32 Å². The third kappa shape index (κ3) is 5.23. The molecule has 1 aromatic rings. The van der Waals surface area contributed by atoms with Gasteiger partial charge in [-0.25, -0.2) is 8.78 Å². The van der Waals surface area contributed by atoms with Crippen molar-refractivity contribution in [3.8, 4) is 0 Å². The Balaban J connectivity index is 1.41. The molecule has 0 bridgehead atoms. The number of piperidine rings is 1. The zero-order valence-corrected chi connectivity index (χ0v) is 15.3. The number of benzene rings is 1. The molecule has 2 fully saturated rings. The van der Waals surface area contributed by atoms with Crippen LogP contribution in [0.5, 0.6) is 0 Å². The summed E-state index contributed by atoms with van der Waals surface area (Å²) in [5, 5.41) is 2.97. The van der Waals surface area contributed by atoms with Crippen molar-refractivity contribution in [3.63, 3.8) is 0 Å². The average Bonchev–Trinajstić information content (AvgIpc) is 2.70. The van der Waals surface area contributed by atoms with Crippen molar-refractivity contribution >= 4 is 11.8 Å². The van der Waals surface area contributed by atoms with Gasteiger partial charge in [0.25, 0.3) is 5.91 Å². The van der Waals surface area contributed by atoms with Crippen molar-refractivity contribution in [1.29, 1.82) is 0 Å². The van der Waals surface area contributed by atoms with Crippen LogP contribution in [-0.4, -0.2) is 74.1 Å². The summed E-state index contributed by atoms with van der Waals surface area (Å²) in [5.74, 6) is -2.44. The molecule has 0 saturated carbocycles. The van der Waals surface area contributed by atoms with Crippen molar-refractivity contribution in [3.05, 3.63) is 35.4 Å². The molecule has 8 heteroatoms. The van der Waals surface area contributed by atoms with Crippen molar-refractivity contribution in [2.75, 3.05) is 52.5 Å². The number of nitrogens with zero attached hydrogens (tertiary/aromatic N) is 2. The van der Waals surface area contributed by atoms with E-state index in [1.807, 2.05) is 0 Å². The van der Waals surface area contributed by atoms with Crippen LogP contribution in [0, 0.1) is 17.6 Å².